The van der Waals surface area contributed by atoms with Gasteiger partial charge < -0.3 is 11.5 Å². The number of nitrogen functional groups attached to an aromatic ring is 1. The molecule has 1 aromatic heterocycles. The number of hydrogen-bond donors (Lipinski definition) is 2. The van der Waals surface area contributed by atoms with E-state index in [1.54, 1.807) is 18.5 Å². The molecule has 0 saturated carbocycles. The maximum Gasteiger partial charge on any atom is 0.251 e. The highest BCUT2D eigenvalue weighted by molar-refractivity contribution is 14.1. The lowest BCUT2D eigenvalue weighted by Gasteiger charge is -2.10. The van der Waals surface area contributed by atoms with Gasteiger partial charge in [-0.25, -0.2) is 4.68 Å². The van der Waals surface area contributed by atoms with Crippen molar-refractivity contribution in [3.05, 3.63) is 38.7 Å². The molecule has 88 valence electrons. The molecule has 0 aliphatic rings. The van der Waals surface area contributed by atoms with Gasteiger partial charge in [0.15, 0.2) is 0 Å². The number of primary amides is 1. The van der Waals surface area contributed by atoms with Crippen LogP contribution in [-0.4, -0.2) is 15.7 Å². The minimum absolute atomic E-state index is 0.245. The SMILES string of the molecule is NC(=O)c1cc(N)cc(Cl)c1-n1cc(I)cn1. The van der Waals surface area contributed by atoms with E-state index in [1.807, 2.05) is 0 Å². The van der Waals surface area contributed by atoms with E-state index in [-0.39, 0.29) is 5.56 Å². The Morgan fingerprint density at radius 2 is 2.18 bits per heavy atom. The molecular weight excluding hydrogens is 354 g/mol. The molecule has 0 unspecified atom stereocenters. The predicted octanol–water partition coefficient (Wildman–Crippen LogP) is 1.81. The topological polar surface area (TPSA) is 86.9 Å². The minimum atomic E-state index is -0.597. The summed E-state index contributed by atoms with van der Waals surface area (Å²) in [6, 6.07) is 3.04. The molecule has 0 radical (unpaired) electrons. The van der Waals surface area contributed by atoms with Crippen molar-refractivity contribution in [1.29, 1.82) is 0 Å². The molecule has 1 heterocycles. The number of carbonyl (C=O) groups excluding carboxylic acids is 1. The molecule has 7 heteroatoms. The van der Waals surface area contributed by atoms with Crippen LogP contribution in [0.15, 0.2) is 24.5 Å². The van der Waals surface area contributed by atoms with Crippen LogP contribution < -0.4 is 11.5 Å². The Balaban J connectivity index is 2.71. The number of hydrogen-bond acceptors (Lipinski definition) is 3. The smallest absolute Gasteiger partial charge is 0.251 e. The Morgan fingerprint density at radius 3 is 2.71 bits per heavy atom. The number of nitrogens with two attached hydrogens (primary N) is 2. The van der Waals surface area contributed by atoms with Crippen molar-refractivity contribution >= 4 is 45.8 Å². The summed E-state index contributed by atoms with van der Waals surface area (Å²) in [6.45, 7) is 0. The van der Waals surface area contributed by atoms with E-state index in [4.69, 9.17) is 23.1 Å². The summed E-state index contributed by atoms with van der Waals surface area (Å²) in [4.78, 5) is 11.4. The molecule has 5 nitrogen and oxygen atoms in total. The van der Waals surface area contributed by atoms with Crippen LogP contribution >= 0.6 is 34.2 Å². The van der Waals surface area contributed by atoms with Gasteiger partial charge in [-0.3, -0.25) is 4.79 Å². The summed E-state index contributed by atoms with van der Waals surface area (Å²) < 4.78 is 2.43. The molecule has 0 aliphatic carbocycles. The zero-order chi connectivity index (χ0) is 12.6. The first kappa shape index (κ1) is 12.2. The average Bonchev–Trinajstić information content (AvgIpc) is 2.63. The van der Waals surface area contributed by atoms with Gasteiger partial charge in [-0.1, -0.05) is 11.6 Å². The van der Waals surface area contributed by atoms with Crippen molar-refractivity contribution in [3.63, 3.8) is 0 Å². The predicted molar refractivity (Wildman–Crippen MR) is 74.2 cm³/mol. The summed E-state index contributed by atoms with van der Waals surface area (Å²) in [5, 5.41) is 4.43. The first-order chi connectivity index (χ1) is 7.99. The zero-order valence-electron chi connectivity index (χ0n) is 8.52. The van der Waals surface area contributed by atoms with E-state index in [9.17, 15) is 4.79 Å². The summed E-state index contributed by atoms with van der Waals surface area (Å²) in [6.07, 6.45) is 3.39. The van der Waals surface area contributed by atoms with Crippen LogP contribution in [0.4, 0.5) is 5.69 Å². The van der Waals surface area contributed by atoms with Gasteiger partial charge in [-0.15, -0.1) is 0 Å². The highest BCUT2D eigenvalue weighted by atomic mass is 127. The molecule has 0 spiro atoms. The third kappa shape index (κ3) is 2.37. The highest BCUT2D eigenvalue weighted by Crippen LogP contribution is 2.27. The molecule has 0 aliphatic heterocycles. The molecule has 2 aromatic rings. The average molecular weight is 363 g/mol. The zero-order valence-corrected chi connectivity index (χ0v) is 11.4. The lowest BCUT2D eigenvalue weighted by molar-refractivity contribution is 0.1000. The number of aromatic nitrogens is 2. The maximum atomic E-state index is 11.4. The standard InChI is InChI=1S/C10H8ClIN4O/c11-8-2-6(13)1-7(10(14)17)9(8)16-4-5(12)3-15-16/h1-4H,13H2,(H2,14,17). The number of carbonyl (C=O) groups is 1. The number of anilines is 1. The Morgan fingerprint density at radius 1 is 1.47 bits per heavy atom. The third-order valence-electron chi connectivity index (χ3n) is 2.13. The van der Waals surface area contributed by atoms with Crippen molar-refractivity contribution in [2.24, 2.45) is 5.73 Å². The molecule has 17 heavy (non-hydrogen) atoms. The number of amides is 1. The van der Waals surface area contributed by atoms with Crippen LogP contribution in [0.25, 0.3) is 5.69 Å². The van der Waals surface area contributed by atoms with Gasteiger partial charge in [0.2, 0.25) is 0 Å². The van der Waals surface area contributed by atoms with Crippen LogP contribution in [0, 0.1) is 3.57 Å². The molecule has 2 rings (SSSR count). The second-order valence-corrected chi connectivity index (χ2v) is 5.02. The van der Waals surface area contributed by atoms with Crippen LogP contribution in [0.5, 0.6) is 0 Å². The Bertz CT molecular complexity index is 596. The Kier molecular flexibility index (Phi) is 3.25. The fraction of sp³-hybridized carbons (Fsp3) is 0. The van der Waals surface area contributed by atoms with Gasteiger partial charge in [0.1, 0.15) is 0 Å². The molecular formula is C10H8ClIN4O. The fourth-order valence-corrected chi connectivity index (χ4v) is 2.17. The molecule has 0 saturated heterocycles. The largest absolute Gasteiger partial charge is 0.399 e. The van der Waals surface area contributed by atoms with Gasteiger partial charge >= 0.3 is 0 Å². The van der Waals surface area contributed by atoms with Crippen LogP contribution in [0.2, 0.25) is 5.02 Å². The minimum Gasteiger partial charge on any atom is -0.399 e. The maximum absolute atomic E-state index is 11.4. The Labute approximate surface area is 116 Å². The Hall–Kier alpha value is -1.28. The fourth-order valence-electron chi connectivity index (χ4n) is 1.46. The van der Waals surface area contributed by atoms with E-state index >= 15 is 0 Å². The van der Waals surface area contributed by atoms with Crippen LogP contribution in [0.3, 0.4) is 0 Å². The second kappa shape index (κ2) is 4.53. The first-order valence-corrected chi connectivity index (χ1v) is 6.04. The monoisotopic (exact) mass is 362 g/mol. The molecule has 1 aromatic carbocycles. The highest BCUT2D eigenvalue weighted by Gasteiger charge is 2.15. The van der Waals surface area contributed by atoms with E-state index in [0.29, 0.717) is 16.4 Å². The first-order valence-electron chi connectivity index (χ1n) is 4.58. The number of rotatable bonds is 2. The lowest BCUT2D eigenvalue weighted by atomic mass is 10.1. The van der Waals surface area contributed by atoms with Gasteiger partial charge in [0.25, 0.3) is 5.91 Å². The van der Waals surface area contributed by atoms with E-state index in [0.717, 1.165) is 3.57 Å². The van der Waals surface area contributed by atoms with Gasteiger partial charge in [-0.05, 0) is 34.7 Å². The number of halogens is 2. The lowest BCUT2D eigenvalue weighted by Crippen LogP contribution is -2.16. The summed E-state index contributed by atoms with van der Waals surface area (Å²) in [5.41, 5.74) is 12.0. The van der Waals surface area contributed by atoms with E-state index in [1.165, 1.54) is 10.7 Å². The van der Waals surface area contributed by atoms with Crippen molar-refractivity contribution < 1.29 is 4.79 Å². The second-order valence-electron chi connectivity index (χ2n) is 3.37. The van der Waals surface area contributed by atoms with Crippen molar-refractivity contribution in [3.8, 4) is 5.69 Å². The molecule has 0 bridgehead atoms. The van der Waals surface area contributed by atoms with Crippen molar-refractivity contribution in [1.82, 2.24) is 9.78 Å². The molecule has 1 amide bonds. The summed E-state index contributed by atoms with van der Waals surface area (Å²) in [5.74, 6) is -0.597. The molecule has 4 N–H and O–H groups in total. The quantitative estimate of drug-likeness (QED) is 0.631. The van der Waals surface area contributed by atoms with Gasteiger partial charge in [0, 0.05) is 11.9 Å². The molecule has 0 fully saturated rings. The normalized spacial score (nSPS) is 10.5. The van der Waals surface area contributed by atoms with Crippen molar-refractivity contribution in [2.45, 2.75) is 0 Å². The van der Waals surface area contributed by atoms with E-state index < -0.39 is 5.91 Å². The van der Waals surface area contributed by atoms with E-state index in [2.05, 4.69) is 27.7 Å². The molecule has 0 atom stereocenters. The van der Waals surface area contributed by atoms with Crippen molar-refractivity contribution in [2.75, 3.05) is 5.73 Å². The van der Waals surface area contributed by atoms with Gasteiger partial charge in [-0.2, -0.15) is 5.10 Å². The summed E-state index contributed by atoms with van der Waals surface area (Å²) >= 11 is 8.18. The van der Waals surface area contributed by atoms with Gasteiger partial charge in [0.05, 0.1) is 26.0 Å². The summed E-state index contributed by atoms with van der Waals surface area (Å²) in [7, 11) is 0. The number of benzene rings is 1. The third-order valence-corrected chi connectivity index (χ3v) is 2.98. The van der Waals surface area contributed by atoms with Crippen LogP contribution in [-0.2, 0) is 0 Å². The number of nitrogens with zero attached hydrogens (tertiary/aromatic N) is 2. The van der Waals surface area contributed by atoms with Crippen LogP contribution in [0.1, 0.15) is 10.4 Å².